The van der Waals surface area contributed by atoms with Gasteiger partial charge in [-0.15, -0.1) is 11.3 Å². The number of sulfonamides is 1. The second-order valence-corrected chi connectivity index (χ2v) is 6.85. The predicted octanol–water partition coefficient (Wildman–Crippen LogP) is 2.07. The number of nitrogens with two attached hydrogens (primary N) is 1. The molecule has 0 amide bonds. The molecule has 0 aliphatic heterocycles. The number of carboxylic acids is 1. The van der Waals surface area contributed by atoms with Crippen molar-refractivity contribution < 1.29 is 18.3 Å². The minimum Gasteiger partial charge on any atom is -0.478 e. The SMILES string of the molecule is Cc1cc(S(N)(=O)=O)sc1-c1cccc(C(=O)O)c1. The van der Waals surface area contributed by atoms with Gasteiger partial charge in [0.25, 0.3) is 0 Å². The van der Waals surface area contributed by atoms with Crippen LogP contribution in [0, 0.1) is 6.92 Å². The molecule has 0 fully saturated rings. The van der Waals surface area contributed by atoms with Crippen molar-refractivity contribution in [3.8, 4) is 10.4 Å². The summed E-state index contributed by atoms with van der Waals surface area (Å²) >= 11 is 1.03. The zero-order chi connectivity index (χ0) is 14.2. The Labute approximate surface area is 114 Å². The fraction of sp³-hybridized carbons (Fsp3) is 0.0833. The highest BCUT2D eigenvalue weighted by Gasteiger charge is 2.16. The second kappa shape index (κ2) is 4.76. The zero-order valence-electron chi connectivity index (χ0n) is 9.95. The van der Waals surface area contributed by atoms with E-state index in [4.69, 9.17) is 10.2 Å². The molecule has 0 radical (unpaired) electrons. The summed E-state index contributed by atoms with van der Waals surface area (Å²) in [6.07, 6.45) is 0. The van der Waals surface area contributed by atoms with Crippen molar-refractivity contribution in [2.45, 2.75) is 11.1 Å². The summed E-state index contributed by atoms with van der Waals surface area (Å²) in [5.41, 5.74) is 1.57. The monoisotopic (exact) mass is 297 g/mol. The van der Waals surface area contributed by atoms with Gasteiger partial charge in [0.2, 0.25) is 10.0 Å². The minimum absolute atomic E-state index is 0.0701. The summed E-state index contributed by atoms with van der Waals surface area (Å²) in [6, 6.07) is 7.83. The molecule has 0 aliphatic rings. The maximum absolute atomic E-state index is 11.3. The largest absolute Gasteiger partial charge is 0.478 e. The van der Waals surface area contributed by atoms with Gasteiger partial charge in [0.05, 0.1) is 5.56 Å². The van der Waals surface area contributed by atoms with Gasteiger partial charge in [0.15, 0.2) is 0 Å². The molecule has 0 spiro atoms. The van der Waals surface area contributed by atoms with Crippen LogP contribution in [0.25, 0.3) is 10.4 Å². The summed E-state index contributed by atoms with van der Waals surface area (Å²) in [7, 11) is -3.74. The number of benzene rings is 1. The van der Waals surface area contributed by atoms with Crippen molar-refractivity contribution in [3.05, 3.63) is 41.5 Å². The lowest BCUT2D eigenvalue weighted by Gasteiger charge is -2.01. The lowest BCUT2D eigenvalue weighted by Crippen LogP contribution is -2.09. The van der Waals surface area contributed by atoms with Crippen LogP contribution in [0.2, 0.25) is 0 Å². The number of carbonyl (C=O) groups is 1. The van der Waals surface area contributed by atoms with Gasteiger partial charge in [-0.2, -0.15) is 0 Å². The fourth-order valence-corrected chi connectivity index (χ4v) is 3.63. The minimum atomic E-state index is -3.74. The number of aryl methyl sites for hydroxylation is 1. The van der Waals surface area contributed by atoms with E-state index in [2.05, 4.69) is 0 Å². The first-order chi connectivity index (χ1) is 8.79. The molecular weight excluding hydrogens is 286 g/mol. The Morgan fingerprint density at radius 1 is 1.32 bits per heavy atom. The summed E-state index contributed by atoms with van der Waals surface area (Å²) in [5, 5.41) is 14.0. The van der Waals surface area contributed by atoms with Gasteiger partial charge in [0, 0.05) is 4.88 Å². The Hall–Kier alpha value is -1.70. The van der Waals surface area contributed by atoms with Crippen molar-refractivity contribution in [2.75, 3.05) is 0 Å². The normalized spacial score (nSPS) is 11.5. The number of primary sulfonamides is 1. The van der Waals surface area contributed by atoms with Gasteiger partial charge in [-0.1, -0.05) is 12.1 Å². The number of hydrogen-bond donors (Lipinski definition) is 2. The van der Waals surface area contributed by atoms with Crippen LogP contribution in [0.15, 0.2) is 34.5 Å². The Balaban J connectivity index is 2.57. The first kappa shape index (κ1) is 13.7. The molecule has 0 saturated carbocycles. The first-order valence-corrected chi connectivity index (χ1v) is 7.62. The summed E-state index contributed by atoms with van der Waals surface area (Å²) in [4.78, 5) is 11.6. The quantitative estimate of drug-likeness (QED) is 0.906. The van der Waals surface area contributed by atoms with Crippen molar-refractivity contribution in [1.29, 1.82) is 0 Å². The molecule has 7 heteroatoms. The van der Waals surface area contributed by atoms with E-state index in [0.29, 0.717) is 10.4 Å². The molecule has 5 nitrogen and oxygen atoms in total. The van der Waals surface area contributed by atoms with Crippen LogP contribution in [-0.2, 0) is 10.0 Å². The first-order valence-electron chi connectivity index (χ1n) is 5.26. The highest BCUT2D eigenvalue weighted by Crippen LogP contribution is 2.34. The average molecular weight is 297 g/mol. The molecule has 100 valence electrons. The Morgan fingerprint density at radius 3 is 2.53 bits per heavy atom. The van der Waals surface area contributed by atoms with E-state index in [1.807, 2.05) is 0 Å². The molecule has 0 bridgehead atoms. The number of carboxylic acid groups (broad SMARTS) is 1. The average Bonchev–Trinajstić information content (AvgIpc) is 2.71. The van der Waals surface area contributed by atoms with Crippen LogP contribution in [-0.4, -0.2) is 19.5 Å². The van der Waals surface area contributed by atoms with E-state index in [0.717, 1.165) is 16.9 Å². The summed E-state index contributed by atoms with van der Waals surface area (Å²) in [6.45, 7) is 1.76. The van der Waals surface area contributed by atoms with Gasteiger partial charge in [-0.25, -0.2) is 18.4 Å². The number of hydrogen-bond acceptors (Lipinski definition) is 4. The number of rotatable bonds is 3. The van der Waals surface area contributed by atoms with E-state index >= 15 is 0 Å². The summed E-state index contributed by atoms with van der Waals surface area (Å²) < 4.78 is 22.7. The van der Waals surface area contributed by atoms with E-state index in [1.54, 1.807) is 19.1 Å². The van der Waals surface area contributed by atoms with E-state index in [-0.39, 0.29) is 9.77 Å². The lowest BCUT2D eigenvalue weighted by atomic mass is 10.1. The Bertz CT molecular complexity index is 747. The second-order valence-electron chi connectivity index (χ2n) is 4.01. The molecule has 0 atom stereocenters. The molecular formula is C12H11NO4S2. The van der Waals surface area contributed by atoms with E-state index < -0.39 is 16.0 Å². The highest BCUT2D eigenvalue weighted by atomic mass is 32.2. The Morgan fingerprint density at radius 2 is 2.00 bits per heavy atom. The van der Waals surface area contributed by atoms with Crippen LogP contribution >= 0.6 is 11.3 Å². The third-order valence-electron chi connectivity index (χ3n) is 2.55. The maximum Gasteiger partial charge on any atom is 0.335 e. The third-order valence-corrected chi connectivity index (χ3v) is 5.25. The van der Waals surface area contributed by atoms with Gasteiger partial charge in [0.1, 0.15) is 4.21 Å². The topological polar surface area (TPSA) is 97.5 Å². The van der Waals surface area contributed by atoms with Crippen molar-refractivity contribution in [1.82, 2.24) is 0 Å². The molecule has 0 aliphatic carbocycles. The van der Waals surface area contributed by atoms with Crippen LogP contribution in [0.1, 0.15) is 15.9 Å². The summed E-state index contributed by atoms with van der Waals surface area (Å²) in [5.74, 6) is -1.03. The third kappa shape index (κ3) is 2.83. The Kier molecular flexibility index (Phi) is 3.44. The molecule has 0 saturated heterocycles. The van der Waals surface area contributed by atoms with Gasteiger partial charge < -0.3 is 5.11 Å². The van der Waals surface area contributed by atoms with Crippen LogP contribution in [0.3, 0.4) is 0 Å². The van der Waals surface area contributed by atoms with Crippen LogP contribution in [0.5, 0.6) is 0 Å². The van der Waals surface area contributed by atoms with Crippen LogP contribution in [0.4, 0.5) is 0 Å². The number of thiophene rings is 1. The van der Waals surface area contributed by atoms with E-state index in [1.165, 1.54) is 18.2 Å². The zero-order valence-corrected chi connectivity index (χ0v) is 11.6. The lowest BCUT2D eigenvalue weighted by molar-refractivity contribution is 0.0697. The molecule has 19 heavy (non-hydrogen) atoms. The fourth-order valence-electron chi connectivity index (χ4n) is 1.67. The van der Waals surface area contributed by atoms with Gasteiger partial charge in [-0.05, 0) is 36.2 Å². The molecule has 0 unspecified atom stereocenters. The highest BCUT2D eigenvalue weighted by molar-refractivity contribution is 7.91. The van der Waals surface area contributed by atoms with Crippen LogP contribution < -0.4 is 5.14 Å². The predicted molar refractivity (Wildman–Crippen MR) is 72.8 cm³/mol. The molecule has 1 aromatic carbocycles. The smallest absolute Gasteiger partial charge is 0.335 e. The molecule has 1 aromatic heterocycles. The van der Waals surface area contributed by atoms with Crippen molar-refractivity contribution >= 4 is 27.3 Å². The molecule has 1 heterocycles. The maximum atomic E-state index is 11.3. The van der Waals surface area contributed by atoms with Crippen molar-refractivity contribution in [3.63, 3.8) is 0 Å². The number of aromatic carboxylic acids is 1. The van der Waals surface area contributed by atoms with E-state index in [9.17, 15) is 13.2 Å². The molecule has 3 N–H and O–H groups in total. The molecule has 2 aromatic rings. The van der Waals surface area contributed by atoms with Crippen molar-refractivity contribution in [2.24, 2.45) is 5.14 Å². The van der Waals surface area contributed by atoms with Gasteiger partial charge >= 0.3 is 5.97 Å². The molecule has 2 rings (SSSR count). The van der Waals surface area contributed by atoms with Gasteiger partial charge in [-0.3, -0.25) is 0 Å². The standard InChI is InChI=1S/C12H11NO4S2/c1-7-5-10(19(13,16)17)18-11(7)8-3-2-4-9(6-8)12(14)15/h2-6H,1H3,(H,14,15)(H2,13,16,17).